The lowest BCUT2D eigenvalue weighted by atomic mass is 10.1. The molecule has 2 amide bonds. The maximum Gasteiger partial charge on any atom is 0.319 e. The lowest BCUT2D eigenvalue weighted by Crippen LogP contribution is -2.28. The van der Waals surface area contributed by atoms with Crippen LogP contribution in [0.2, 0.25) is 0 Å². The van der Waals surface area contributed by atoms with E-state index < -0.39 is 6.10 Å². The van der Waals surface area contributed by atoms with Crippen molar-refractivity contribution < 1.29 is 9.90 Å². The van der Waals surface area contributed by atoms with Gasteiger partial charge >= 0.3 is 6.03 Å². The molecule has 1 aromatic heterocycles. The number of carbonyl (C=O) groups is 1. The van der Waals surface area contributed by atoms with E-state index in [1.54, 1.807) is 31.3 Å². The molecule has 1 unspecified atom stereocenters. The topological polar surface area (TPSA) is 74.2 Å². The number of hydrogen-bond acceptors (Lipinski definition) is 3. The minimum absolute atomic E-state index is 0.307. The van der Waals surface area contributed by atoms with E-state index in [2.05, 4.69) is 15.6 Å². The van der Waals surface area contributed by atoms with Crippen molar-refractivity contribution in [1.29, 1.82) is 0 Å². The Bertz CT molecular complexity index is 570. The van der Waals surface area contributed by atoms with Crippen LogP contribution in [0.1, 0.15) is 24.3 Å². The predicted molar refractivity (Wildman–Crippen MR) is 77.2 cm³/mol. The van der Waals surface area contributed by atoms with Crippen molar-refractivity contribution in [2.24, 2.45) is 0 Å². The molecule has 0 aliphatic heterocycles. The van der Waals surface area contributed by atoms with Crippen molar-refractivity contribution in [1.82, 2.24) is 10.3 Å². The number of aliphatic hydroxyl groups is 1. The second-order valence-corrected chi connectivity index (χ2v) is 4.43. The monoisotopic (exact) mass is 271 g/mol. The average molecular weight is 271 g/mol. The quantitative estimate of drug-likeness (QED) is 0.799. The molecule has 0 fully saturated rings. The summed E-state index contributed by atoms with van der Waals surface area (Å²) in [5.74, 6) is 0. The number of urea groups is 1. The van der Waals surface area contributed by atoms with Crippen molar-refractivity contribution in [2.75, 3.05) is 5.32 Å². The number of pyridine rings is 1. The molecular formula is C15H17N3O2. The minimum atomic E-state index is -0.562. The van der Waals surface area contributed by atoms with E-state index in [0.29, 0.717) is 12.2 Å². The molecule has 0 radical (unpaired) electrons. The van der Waals surface area contributed by atoms with Gasteiger partial charge in [0.1, 0.15) is 0 Å². The van der Waals surface area contributed by atoms with Crippen LogP contribution >= 0.6 is 0 Å². The van der Waals surface area contributed by atoms with Gasteiger partial charge in [-0.3, -0.25) is 4.98 Å². The van der Waals surface area contributed by atoms with Crippen molar-refractivity contribution in [3.8, 4) is 0 Å². The number of rotatable bonds is 4. The zero-order valence-corrected chi connectivity index (χ0v) is 11.2. The summed E-state index contributed by atoms with van der Waals surface area (Å²) in [6.07, 6.45) is 1.12. The minimum Gasteiger partial charge on any atom is -0.389 e. The summed E-state index contributed by atoms with van der Waals surface area (Å²) < 4.78 is 0. The van der Waals surface area contributed by atoms with Crippen LogP contribution in [-0.4, -0.2) is 16.1 Å². The Hall–Kier alpha value is -2.40. The molecule has 0 aliphatic carbocycles. The number of anilines is 1. The normalized spacial score (nSPS) is 11.7. The van der Waals surface area contributed by atoms with Crippen LogP contribution in [0.5, 0.6) is 0 Å². The maximum atomic E-state index is 11.8. The number of carbonyl (C=O) groups excluding carboxylic acids is 1. The summed E-state index contributed by atoms with van der Waals surface area (Å²) in [6, 6.07) is 12.3. The zero-order valence-electron chi connectivity index (χ0n) is 11.2. The molecule has 0 saturated heterocycles. The van der Waals surface area contributed by atoms with Crippen LogP contribution < -0.4 is 10.6 Å². The molecule has 1 aromatic carbocycles. The smallest absolute Gasteiger partial charge is 0.319 e. The first-order valence-corrected chi connectivity index (χ1v) is 6.38. The van der Waals surface area contributed by atoms with Crippen LogP contribution in [0.15, 0.2) is 48.7 Å². The van der Waals surface area contributed by atoms with Crippen LogP contribution in [0, 0.1) is 0 Å². The summed E-state index contributed by atoms with van der Waals surface area (Å²) in [5.41, 5.74) is 2.19. The van der Waals surface area contributed by atoms with Crippen molar-refractivity contribution in [3.05, 3.63) is 59.9 Å². The molecule has 1 heterocycles. The van der Waals surface area contributed by atoms with E-state index in [4.69, 9.17) is 0 Å². The summed E-state index contributed by atoms with van der Waals surface area (Å²) in [5, 5.41) is 14.9. The van der Waals surface area contributed by atoms with Crippen LogP contribution in [0.25, 0.3) is 0 Å². The molecule has 2 rings (SSSR count). The third-order valence-corrected chi connectivity index (χ3v) is 2.78. The molecule has 0 aliphatic rings. The molecule has 3 N–H and O–H groups in total. The number of benzene rings is 1. The van der Waals surface area contributed by atoms with Gasteiger partial charge in [0.05, 0.1) is 18.3 Å². The molecule has 104 valence electrons. The first-order valence-electron chi connectivity index (χ1n) is 6.38. The highest BCUT2D eigenvalue weighted by Gasteiger charge is 2.05. The lowest BCUT2D eigenvalue weighted by Gasteiger charge is -2.10. The number of aliphatic hydroxyl groups excluding tert-OH is 1. The standard InChI is InChI=1S/C15H17N3O2/c1-11(19)12-5-4-7-13(9-12)18-15(20)17-10-14-6-2-3-8-16-14/h2-9,11,19H,10H2,1H3,(H2,17,18,20). The number of hydrogen-bond donors (Lipinski definition) is 3. The Morgan fingerprint density at radius 2 is 2.15 bits per heavy atom. The second-order valence-electron chi connectivity index (χ2n) is 4.43. The first-order chi connectivity index (χ1) is 9.65. The molecule has 2 aromatic rings. The van der Waals surface area contributed by atoms with E-state index >= 15 is 0 Å². The summed E-state index contributed by atoms with van der Waals surface area (Å²) in [7, 11) is 0. The Labute approximate surface area is 117 Å². The van der Waals surface area contributed by atoms with Gasteiger partial charge in [-0.05, 0) is 36.8 Å². The van der Waals surface area contributed by atoms with Gasteiger partial charge in [0.2, 0.25) is 0 Å². The van der Waals surface area contributed by atoms with Crippen LogP contribution in [-0.2, 0) is 6.54 Å². The van der Waals surface area contributed by atoms with E-state index in [1.807, 2.05) is 24.3 Å². The van der Waals surface area contributed by atoms with E-state index in [0.717, 1.165) is 11.3 Å². The van der Waals surface area contributed by atoms with Gasteiger partial charge in [0.25, 0.3) is 0 Å². The zero-order chi connectivity index (χ0) is 14.4. The highest BCUT2D eigenvalue weighted by molar-refractivity contribution is 5.89. The number of nitrogens with one attached hydrogen (secondary N) is 2. The van der Waals surface area contributed by atoms with Gasteiger partial charge in [-0.15, -0.1) is 0 Å². The fourth-order valence-electron chi connectivity index (χ4n) is 1.73. The molecule has 20 heavy (non-hydrogen) atoms. The number of amides is 2. The fraction of sp³-hybridized carbons (Fsp3) is 0.200. The SMILES string of the molecule is CC(O)c1cccc(NC(=O)NCc2ccccn2)c1. The number of nitrogens with zero attached hydrogens (tertiary/aromatic N) is 1. The first kappa shape index (κ1) is 14.0. The largest absolute Gasteiger partial charge is 0.389 e. The highest BCUT2D eigenvalue weighted by atomic mass is 16.3. The third kappa shape index (κ3) is 4.07. The van der Waals surface area contributed by atoms with Gasteiger partial charge in [-0.1, -0.05) is 18.2 Å². The Kier molecular flexibility index (Phi) is 4.68. The fourth-order valence-corrected chi connectivity index (χ4v) is 1.73. The molecule has 5 heteroatoms. The second kappa shape index (κ2) is 6.68. The van der Waals surface area contributed by atoms with Crippen LogP contribution in [0.4, 0.5) is 10.5 Å². The van der Waals surface area contributed by atoms with Gasteiger partial charge in [-0.2, -0.15) is 0 Å². The van der Waals surface area contributed by atoms with Crippen molar-refractivity contribution in [2.45, 2.75) is 19.6 Å². The molecule has 0 spiro atoms. The Morgan fingerprint density at radius 1 is 1.30 bits per heavy atom. The van der Waals surface area contributed by atoms with E-state index in [9.17, 15) is 9.90 Å². The molecular weight excluding hydrogens is 254 g/mol. The summed E-state index contributed by atoms with van der Waals surface area (Å²) >= 11 is 0. The van der Waals surface area contributed by atoms with E-state index in [-0.39, 0.29) is 6.03 Å². The predicted octanol–water partition coefficient (Wildman–Crippen LogP) is 2.46. The summed E-state index contributed by atoms with van der Waals surface area (Å²) in [4.78, 5) is 15.9. The van der Waals surface area contributed by atoms with Gasteiger partial charge < -0.3 is 15.7 Å². The van der Waals surface area contributed by atoms with E-state index in [1.165, 1.54) is 0 Å². The number of aromatic nitrogens is 1. The Morgan fingerprint density at radius 3 is 2.85 bits per heavy atom. The molecule has 5 nitrogen and oxygen atoms in total. The summed E-state index contributed by atoms with van der Waals surface area (Å²) in [6.45, 7) is 2.04. The molecule has 0 bridgehead atoms. The van der Waals surface area contributed by atoms with Crippen molar-refractivity contribution in [3.63, 3.8) is 0 Å². The van der Waals surface area contributed by atoms with Gasteiger partial charge in [-0.25, -0.2) is 4.79 Å². The highest BCUT2D eigenvalue weighted by Crippen LogP contribution is 2.16. The van der Waals surface area contributed by atoms with Crippen molar-refractivity contribution >= 4 is 11.7 Å². The molecule has 0 saturated carbocycles. The Balaban J connectivity index is 1.90. The lowest BCUT2D eigenvalue weighted by molar-refractivity contribution is 0.199. The average Bonchev–Trinajstić information content (AvgIpc) is 2.46. The maximum absolute atomic E-state index is 11.8. The van der Waals surface area contributed by atoms with Gasteiger partial charge in [0, 0.05) is 11.9 Å². The molecule has 1 atom stereocenters. The third-order valence-electron chi connectivity index (χ3n) is 2.78. The van der Waals surface area contributed by atoms with Crippen LogP contribution in [0.3, 0.4) is 0 Å². The van der Waals surface area contributed by atoms with Gasteiger partial charge in [0.15, 0.2) is 0 Å².